The van der Waals surface area contributed by atoms with E-state index in [4.69, 9.17) is 9.68 Å². The first-order chi connectivity index (χ1) is 9.72. The van der Waals surface area contributed by atoms with Crippen molar-refractivity contribution in [2.75, 3.05) is 6.54 Å². The third-order valence-corrected chi connectivity index (χ3v) is 3.50. The van der Waals surface area contributed by atoms with E-state index in [2.05, 4.69) is 22.0 Å². The Balaban J connectivity index is 2.20. The number of nitriles is 1. The second kappa shape index (κ2) is 6.92. The first-order valence-corrected chi connectivity index (χ1v) is 6.95. The van der Waals surface area contributed by atoms with E-state index < -0.39 is 0 Å². The van der Waals surface area contributed by atoms with Gasteiger partial charge in [-0.15, -0.1) is 0 Å². The lowest BCUT2D eigenvalue weighted by Gasteiger charge is -2.21. The van der Waals surface area contributed by atoms with Gasteiger partial charge in [0.2, 0.25) is 0 Å². The fourth-order valence-corrected chi connectivity index (χ4v) is 2.29. The van der Waals surface area contributed by atoms with Gasteiger partial charge >= 0.3 is 0 Å². The molecule has 0 aliphatic heterocycles. The summed E-state index contributed by atoms with van der Waals surface area (Å²) >= 11 is 3.38. The molecule has 0 unspecified atom stereocenters. The largest absolute Gasteiger partial charge is 0.467 e. The molecule has 0 fully saturated rings. The highest BCUT2D eigenvalue weighted by atomic mass is 79.9. The van der Waals surface area contributed by atoms with E-state index in [9.17, 15) is 4.79 Å². The zero-order chi connectivity index (χ0) is 14.4. The molecule has 1 aromatic carbocycles. The molecule has 0 bridgehead atoms. The van der Waals surface area contributed by atoms with Crippen LogP contribution < -0.4 is 0 Å². The molecule has 5 heteroatoms. The molecule has 0 N–H and O–H groups in total. The third-order valence-electron chi connectivity index (χ3n) is 2.81. The molecule has 102 valence electrons. The molecule has 0 aliphatic rings. The average molecular weight is 333 g/mol. The molecule has 0 radical (unpaired) electrons. The summed E-state index contributed by atoms with van der Waals surface area (Å²) in [7, 11) is 0. The summed E-state index contributed by atoms with van der Waals surface area (Å²) in [5.74, 6) is 0.576. The minimum absolute atomic E-state index is 0.121. The number of amides is 1. The maximum atomic E-state index is 12.5. The number of rotatable bonds is 5. The van der Waals surface area contributed by atoms with Gasteiger partial charge in [0.25, 0.3) is 5.91 Å². The summed E-state index contributed by atoms with van der Waals surface area (Å²) in [5.41, 5.74) is 0.581. The van der Waals surface area contributed by atoms with Crippen molar-refractivity contribution >= 4 is 21.8 Å². The Labute approximate surface area is 125 Å². The lowest BCUT2D eigenvalue weighted by molar-refractivity contribution is 0.0734. The lowest BCUT2D eigenvalue weighted by atomic mass is 10.2. The predicted molar refractivity (Wildman–Crippen MR) is 77.8 cm³/mol. The van der Waals surface area contributed by atoms with Crippen molar-refractivity contribution in [2.24, 2.45) is 0 Å². The first-order valence-electron chi connectivity index (χ1n) is 6.15. The Kier molecular flexibility index (Phi) is 4.97. The van der Waals surface area contributed by atoms with E-state index in [1.807, 2.05) is 24.3 Å². The Bertz CT molecular complexity index is 617. The maximum Gasteiger partial charge on any atom is 0.255 e. The topological polar surface area (TPSA) is 57.2 Å². The number of benzene rings is 1. The van der Waals surface area contributed by atoms with E-state index in [0.717, 1.165) is 4.47 Å². The van der Waals surface area contributed by atoms with Crippen molar-refractivity contribution in [1.29, 1.82) is 5.26 Å². The van der Waals surface area contributed by atoms with E-state index in [0.29, 0.717) is 24.4 Å². The zero-order valence-corrected chi connectivity index (χ0v) is 12.3. The smallest absolute Gasteiger partial charge is 0.255 e. The van der Waals surface area contributed by atoms with Crippen LogP contribution in [0.5, 0.6) is 0 Å². The number of furan rings is 1. The highest BCUT2D eigenvalue weighted by Crippen LogP contribution is 2.19. The standard InChI is InChI=1S/C15H13BrN2O2/c16-14-7-2-1-6-13(14)15(19)18(9-4-8-17)11-12-5-3-10-20-12/h1-3,5-7,10H,4,9,11H2. The number of nitrogens with zero attached hydrogens (tertiary/aromatic N) is 2. The maximum absolute atomic E-state index is 12.5. The van der Waals surface area contributed by atoms with Crippen LogP contribution in [-0.4, -0.2) is 17.4 Å². The van der Waals surface area contributed by atoms with Crippen LogP contribution >= 0.6 is 15.9 Å². The molecule has 0 saturated heterocycles. The highest BCUT2D eigenvalue weighted by molar-refractivity contribution is 9.10. The van der Waals surface area contributed by atoms with Crippen LogP contribution in [0.2, 0.25) is 0 Å². The van der Waals surface area contributed by atoms with Gasteiger partial charge in [0, 0.05) is 11.0 Å². The van der Waals surface area contributed by atoms with Crippen LogP contribution in [0.25, 0.3) is 0 Å². The number of carbonyl (C=O) groups is 1. The Hall–Kier alpha value is -2.06. The molecule has 0 saturated carbocycles. The van der Waals surface area contributed by atoms with Gasteiger partial charge in [-0.1, -0.05) is 12.1 Å². The summed E-state index contributed by atoms with van der Waals surface area (Å²) < 4.78 is 6.01. The SMILES string of the molecule is N#CCCN(Cc1ccco1)C(=O)c1ccccc1Br. The monoisotopic (exact) mass is 332 g/mol. The van der Waals surface area contributed by atoms with Crippen molar-refractivity contribution in [3.63, 3.8) is 0 Å². The van der Waals surface area contributed by atoms with E-state index in [-0.39, 0.29) is 12.3 Å². The van der Waals surface area contributed by atoms with Crippen molar-refractivity contribution in [1.82, 2.24) is 4.90 Å². The van der Waals surface area contributed by atoms with Crippen LogP contribution in [0.4, 0.5) is 0 Å². The van der Waals surface area contributed by atoms with Gasteiger partial charge < -0.3 is 9.32 Å². The summed E-state index contributed by atoms with van der Waals surface area (Å²) in [5, 5.41) is 8.73. The van der Waals surface area contributed by atoms with Crippen LogP contribution in [0, 0.1) is 11.3 Å². The van der Waals surface area contributed by atoms with Gasteiger partial charge in [-0.05, 0) is 40.2 Å². The average Bonchev–Trinajstić information content (AvgIpc) is 2.96. The summed E-state index contributed by atoms with van der Waals surface area (Å²) in [6, 6.07) is 12.9. The molecule has 4 nitrogen and oxygen atoms in total. The zero-order valence-electron chi connectivity index (χ0n) is 10.8. The molecule has 0 aliphatic carbocycles. The fraction of sp³-hybridized carbons (Fsp3) is 0.200. The van der Waals surface area contributed by atoms with Crippen molar-refractivity contribution < 1.29 is 9.21 Å². The molecule has 1 heterocycles. The molecular formula is C15H13BrN2O2. The summed E-state index contributed by atoms with van der Waals surface area (Å²) in [4.78, 5) is 14.2. The molecule has 20 heavy (non-hydrogen) atoms. The predicted octanol–water partition coefficient (Wildman–Crippen LogP) is 3.60. The number of carbonyl (C=O) groups excluding carboxylic acids is 1. The molecule has 0 atom stereocenters. The Morgan fingerprint density at radius 2 is 2.10 bits per heavy atom. The van der Waals surface area contributed by atoms with Gasteiger partial charge in [0.15, 0.2) is 0 Å². The third kappa shape index (κ3) is 3.49. The van der Waals surface area contributed by atoms with Crippen LogP contribution in [0.15, 0.2) is 51.6 Å². The number of hydrogen-bond acceptors (Lipinski definition) is 3. The van der Waals surface area contributed by atoms with Crippen LogP contribution in [0.3, 0.4) is 0 Å². The molecule has 2 rings (SSSR count). The molecule has 1 amide bonds. The van der Waals surface area contributed by atoms with Crippen LogP contribution in [0.1, 0.15) is 22.5 Å². The van der Waals surface area contributed by atoms with Crippen LogP contribution in [-0.2, 0) is 6.54 Å². The summed E-state index contributed by atoms with van der Waals surface area (Å²) in [6.45, 7) is 0.728. The molecular weight excluding hydrogens is 320 g/mol. The van der Waals surface area contributed by atoms with E-state index in [1.165, 1.54) is 0 Å². The van der Waals surface area contributed by atoms with Crippen molar-refractivity contribution in [3.8, 4) is 6.07 Å². The van der Waals surface area contributed by atoms with Gasteiger partial charge in [0.1, 0.15) is 5.76 Å². The Morgan fingerprint density at radius 3 is 2.75 bits per heavy atom. The minimum atomic E-state index is -0.121. The van der Waals surface area contributed by atoms with Crippen molar-refractivity contribution in [3.05, 3.63) is 58.5 Å². The van der Waals surface area contributed by atoms with Crippen molar-refractivity contribution in [2.45, 2.75) is 13.0 Å². The molecule has 1 aromatic heterocycles. The van der Waals surface area contributed by atoms with Gasteiger partial charge in [0.05, 0.1) is 30.9 Å². The molecule has 0 spiro atoms. The number of hydrogen-bond donors (Lipinski definition) is 0. The second-order valence-corrected chi connectivity index (χ2v) is 5.05. The van der Waals surface area contributed by atoms with Gasteiger partial charge in [-0.25, -0.2) is 0 Å². The second-order valence-electron chi connectivity index (χ2n) is 4.19. The quantitative estimate of drug-likeness (QED) is 0.840. The Morgan fingerprint density at radius 1 is 1.30 bits per heavy atom. The first kappa shape index (κ1) is 14.4. The normalized spacial score (nSPS) is 10.0. The van der Waals surface area contributed by atoms with E-state index in [1.54, 1.807) is 23.3 Å². The minimum Gasteiger partial charge on any atom is -0.467 e. The highest BCUT2D eigenvalue weighted by Gasteiger charge is 2.18. The van der Waals surface area contributed by atoms with Gasteiger partial charge in [-0.2, -0.15) is 5.26 Å². The van der Waals surface area contributed by atoms with E-state index >= 15 is 0 Å². The number of halogens is 1. The van der Waals surface area contributed by atoms with Gasteiger partial charge in [-0.3, -0.25) is 4.79 Å². The lowest BCUT2D eigenvalue weighted by Crippen LogP contribution is -2.31. The summed E-state index contributed by atoms with van der Waals surface area (Å²) in [6.07, 6.45) is 1.86. The fourth-order valence-electron chi connectivity index (χ4n) is 1.83. The molecule has 2 aromatic rings.